The van der Waals surface area contributed by atoms with Gasteiger partial charge in [-0.15, -0.1) is 0 Å². The summed E-state index contributed by atoms with van der Waals surface area (Å²) in [5.74, 6) is -1.64. The molecule has 0 bridgehead atoms. The fourth-order valence-corrected chi connectivity index (χ4v) is 8.32. The average Bonchev–Trinajstić information content (AvgIpc) is 4.08. The number of hydrogen-bond acceptors (Lipinski definition) is 6. The van der Waals surface area contributed by atoms with E-state index < -0.39 is 47.9 Å². The highest BCUT2D eigenvalue weighted by Crippen LogP contribution is 2.25. The Balaban J connectivity index is 1.04. The van der Waals surface area contributed by atoms with E-state index in [0.717, 1.165) is 62.4 Å². The number of aromatic amines is 3. The van der Waals surface area contributed by atoms with E-state index in [4.69, 9.17) is 0 Å². The number of nitrogens with one attached hydrogen (secondary N) is 7. The third kappa shape index (κ3) is 7.67. The van der Waals surface area contributed by atoms with Gasteiger partial charge in [0.1, 0.15) is 18.1 Å². The molecule has 6 aromatic rings. The van der Waals surface area contributed by atoms with Crippen LogP contribution in [0.5, 0.6) is 0 Å². The Morgan fingerprint density at radius 2 is 1.21 bits per heavy atom. The summed E-state index contributed by atoms with van der Waals surface area (Å²) in [5.41, 5.74) is 5.26. The number of benzene rings is 3. The molecule has 0 aliphatic carbocycles. The number of para-hydroxylation sites is 3. The van der Waals surface area contributed by atoms with Crippen molar-refractivity contribution >= 4 is 62.6 Å². The third-order valence-electron chi connectivity index (χ3n) is 11.2. The molecular formula is C43H45N8O5. The SMILES string of the molecule is O=[C][C@H](Cc1c[nH]c2ccccc12)NC(=O)[C@@H]1CCCN1C(=O)[C@H](Cc1c[nH]c2ccccc12)NC(=O)[C@H](Cc1c[nH]c2ccccc12)NC(=O)[C@@H]1CCCN1. The van der Waals surface area contributed by atoms with Gasteiger partial charge in [0.05, 0.1) is 12.1 Å². The molecule has 56 heavy (non-hydrogen) atoms. The fraction of sp³-hybridized carbons (Fsp3) is 0.326. The van der Waals surface area contributed by atoms with Crippen LogP contribution in [0.25, 0.3) is 32.7 Å². The van der Waals surface area contributed by atoms with Crippen molar-refractivity contribution in [3.8, 4) is 0 Å². The van der Waals surface area contributed by atoms with Gasteiger partial charge in [-0.1, -0.05) is 54.6 Å². The lowest BCUT2D eigenvalue weighted by Gasteiger charge is -2.30. The first kappa shape index (κ1) is 36.8. The molecule has 8 rings (SSSR count). The Labute approximate surface area is 323 Å². The maximum absolute atomic E-state index is 14.7. The van der Waals surface area contributed by atoms with E-state index in [1.807, 2.05) is 97.7 Å². The van der Waals surface area contributed by atoms with Crippen LogP contribution in [-0.4, -0.2) is 93.1 Å². The molecule has 287 valence electrons. The highest BCUT2D eigenvalue weighted by molar-refractivity contribution is 5.97. The summed E-state index contributed by atoms with van der Waals surface area (Å²) in [7, 11) is 0. The molecule has 1 radical (unpaired) electrons. The zero-order valence-corrected chi connectivity index (χ0v) is 30.9. The third-order valence-corrected chi connectivity index (χ3v) is 11.2. The Bertz CT molecular complexity index is 2390. The minimum absolute atomic E-state index is 0.142. The van der Waals surface area contributed by atoms with Crippen LogP contribution < -0.4 is 21.3 Å². The van der Waals surface area contributed by atoms with Crippen molar-refractivity contribution in [3.63, 3.8) is 0 Å². The van der Waals surface area contributed by atoms with Crippen LogP contribution in [0.4, 0.5) is 0 Å². The number of hydrogen-bond donors (Lipinski definition) is 7. The van der Waals surface area contributed by atoms with Gasteiger partial charge < -0.3 is 41.1 Å². The predicted molar refractivity (Wildman–Crippen MR) is 213 cm³/mol. The largest absolute Gasteiger partial charge is 0.361 e. The van der Waals surface area contributed by atoms with Crippen LogP contribution in [0.1, 0.15) is 42.4 Å². The van der Waals surface area contributed by atoms with Gasteiger partial charge >= 0.3 is 0 Å². The number of likely N-dealkylation sites (tertiary alicyclic amines) is 1. The maximum Gasteiger partial charge on any atom is 0.246 e. The van der Waals surface area contributed by atoms with Crippen LogP contribution >= 0.6 is 0 Å². The summed E-state index contributed by atoms with van der Waals surface area (Å²) in [4.78, 5) is 79.8. The van der Waals surface area contributed by atoms with Gasteiger partial charge in [-0.3, -0.25) is 24.0 Å². The summed E-state index contributed by atoms with van der Waals surface area (Å²) in [6.07, 6.45) is 10.5. The molecule has 0 spiro atoms. The lowest BCUT2D eigenvalue weighted by atomic mass is 10.0. The number of nitrogens with zero attached hydrogens (tertiary/aromatic N) is 1. The molecule has 13 nitrogen and oxygen atoms in total. The number of amides is 4. The first-order chi connectivity index (χ1) is 27.4. The molecular weight excluding hydrogens is 709 g/mol. The first-order valence-electron chi connectivity index (χ1n) is 19.3. The quantitative estimate of drug-likeness (QED) is 0.0894. The van der Waals surface area contributed by atoms with Gasteiger partial charge in [-0.25, -0.2) is 0 Å². The Kier molecular flexibility index (Phi) is 10.7. The van der Waals surface area contributed by atoms with E-state index in [2.05, 4.69) is 36.2 Å². The molecule has 5 heterocycles. The van der Waals surface area contributed by atoms with Gasteiger partial charge in [-0.05, 0) is 67.1 Å². The number of H-pyrrole nitrogens is 3. The van der Waals surface area contributed by atoms with E-state index in [0.29, 0.717) is 25.8 Å². The van der Waals surface area contributed by atoms with Crippen LogP contribution in [-0.2, 0) is 43.2 Å². The number of rotatable bonds is 14. The summed E-state index contributed by atoms with van der Waals surface area (Å²) < 4.78 is 0. The smallest absolute Gasteiger partial charge is 0.246 e. The molecule has 7 N–H and O–H groups in total. The number of carbonyl (C=O) groups excluding carboxylic acids is 5. The lowest BCUT2D eigenvalue weighted by molar-refractivity contribution is -0.142. The zero-order valence-electron chi connectivity index (χ0n) is 30.9. The van der Waals surface area contributed by atoms with E-state index >= 15 is 0 Å². The predicted octanol–water partition coefficient (Wildman–Crippen LogP) is 3.47. The van der Waals surface area contributed by atoms with Gasteiger partial charge in [-0.2, -0.15) is 0 Å². The van der Waals surface area contributed by atoms with Crippen molar-refractivity contribution in [2.45, 2.75) is 75.2 Å². The van der Waals surface area contributed by atoms with Gasteiger partial charge in [0.15, 0.2) is 0 Å². The van der Waals surface area contributed by atoms with Crippen LogP contribution in [0.15, 0.2) is 91.4 Å². The average molecular weight is 754 g/mol. The second-order valence-corrected chi connectivity index (χ2v) is 14.8. The molecule has 2 aliphatic heterocycles. The molecule has 0 saturated carbocycles. The van der Waals surface area contributed by atoms with Crippen LogP contribution in [0.2, 0.25) is 0 Å². The van der Waals surface area contributed by atoms with Crippen molar-refractivity contribution in [1.82, 2.24) is 41.1 Å². The van der Waals surface area contributed by atoms with E-state index in [1.54, 1.807) is 0 Å². The van der Waals surface area contributed by atoms with Crippen molar-refractivity contribution in [1.29, 1.82) is 0 Å². The van der Waals surface area contributed by atoms with E-state index in [9.17, 15) is 24.0 Å². The standard InChI is InChI=1S/C43H45N8O5/c52-25-29(19-26-22-45-33-12-4-1-9-30(26)33)48-42(55)39-16-8-18-51(39)43(56)38(21-28-24-47-35-14-6-3-11-32(28)35)50-41(54)37(49-40(53)36-15-7-17-44-36)20-27-23-46-34-13-5-2-10-31(27)34/h1-6,9-14,22-24,29,36-39,44-47H,7-8,15-21H2,(H,48,55)(H,49,53)(H,50,54)/t29-,36-,37-,38-,39-/m0/s1. The fourth-order valence-electron chi connectivity index (χ4n) is 8.32. The molecule has 2 saturated heterocycles. The van der Waals surface area contributed by atoms with Gasteiger partial charge in [0.2, 0.25) is 29.9 Å². The second kappa shape index (κ2) is 16.3. The second-order valence-electron chi connectivity index (χ2n) is 14.8. The first-order valence-corrected chi connectivity index (χ1v) is 19.3. The molecule has 13 heteroatoms. The van der Waals surface area contributed by atoms with Crippen molar-refractivity contribution < 1.29 is 24.0 Å². The summed E-state index contributed by atoms with van der Waals surface area (Å²) in [6.45, 7) is 1.02. The molecule has 2 fully saturated rings. The molecule has 3 aromatic carbocycles. The molecule has 4 amide bonds. The van der Waals surface area contributed by atoms with Crippen molar-refractivity contribution in [3.05, 3.63) is 108 Å². The normalized spacial score (nSPS) is 18.5. The van der Waals surface area contributed by atoms with E-state index in [1.165, 1.54) is 4.90 Å². The monoisotopic (exact) mass is 753 g/mol. The van der Waals surface area contributed by atoms with Crippen molar-refractivity contribution in [2.24, 2.45) is 0 Å². The maximum atomic E-state index is 14.7. The summed E-state index contributed by atoms with van der Waals surface area (Å²) >= 11 is 0. The Hall–Kier alpha value is -6.21. The highest BCUT2D eigenvalue weighted by atomic mass is 16.2. The van der Waals surface area contributed by atoms with Gasteiger partial charge in [0.25, 0.3) is 0 Å². The summed E-state index contributed by atoms with van der Waals surface area (Å²) in [6, 6.07) is 19.0. The van der Waals surface area contributed by atoms with Crippen LogP contribution in [0, 0.1) is 0 Å². The zero-order chi connectivity index (χ0) is 38.6. The van der Waals surface area contributed by atoms with Crippen molar-refractivity contribution in [2.75, 3.05) is 13.1 Å². The lowest BCUT2D eigenvalue weighted by Crippen LogP contribution is -2.59. The number of aromatic nitrogens is 3. The minimum Gasteiger partial charge on any atom is -0.361 e. The minimum atomic E-state index is -1.07. The number of fused-ring (bicyclic) bond motifs is 3. The molecule has 0 unspecified atom stereocenters. The number of carbonyl (C=O) groups is 4. The van der Waals surface area contributed by atoms with E-state index in [-0.39, 0.29) is 25.2 Å². The molecule has 2 aliphatic rings. The highest BCUT2D eigenvalue weighted by Gasteiger charge is 2.40. The molecule has 3 aromatic heterocycles. The van der Waals surface area contributed by atoms with Crippen LogP contribution in [0.3, 0.4) is 0 Å². The molecule has 5 atom stereocenters. The Morgan fingerprint density at radius 3 is 1.77 bits per heavy atom. The topological polar surface area (TPSA) is 184 Å². The van der Waals surface area contributed by atoms with Gasteiger partial charge in [0, 0.05) is 77.1 Å². The summed E-state index contributed by atoms with van der Waals surface area (Å²) in [5, 5.41) is 14.9. The Morgan fingerprint density at radius 1 is 0.661 bits per heavy atom.